The zero-order valence-corrected chi connectivity index (χ0v) is 12.6. The normalized spacial score (nSPS) is 13.0. The molecule has 0 saturated heterocycles. The van der Waals surface area contributed by atoms with Crippen molar-refractivity contribution in [3.05, 3.63) is 0 Å². The van der Waals surface area contributed by atoms with Gasteiger partial charge in [-0.15, -0.1) is 0 Å². The molecule has 0 spiro atoms. The van der Waals surface area contributed by atoms with E-state index < -0.39 is 35.7 Å². The number of carbonyl (C=O) groups is 4. The fourth-order valence-corrected chi connectivity index (χ4v) is 1.53. The molecule has 0 aromatic rings. The van der Waals surface area contributed by atoms with Crippen LogP contribution in [0.4, 0.5) is 0 Å². The Hall–Kier alpha value is -1.26. The van der Waals surface area contributed by atoms with Crippen molar-refractivity contribution in [2.75, 3.05) is 25.2 Å². The lowest BCUT2D eigenvalue weighted by atomic mass is 10.1. The SMILES string of the molecule is COC(=O)C(N)C(=O)[C@H](CS)NC(=O)CNC(=O)CS. The minimum Gasteiger partial charge on any atom is -0.468 e. The van der Waals surface area contributed by atoms with Crippen LogP contribution in [0.15, 0.2) is 0 Å². The number of ketones is 1. The summed E-state index contributed by atoms with van der Waals surface area (Å²) in [5.41, 5.74) is 5.38. The Morgan fingerprint density at radius 2 is 1.80 bits per heavy atom. The van der Waals surface area contributed by atoms with Crippen molar-refractivity contribution in [2.45, 2.75) is 12.1 Å². The standard InChI is InChI=1S/C10H17N3O5S2/c1-18-10(17)8(11)9(16)5(3-19)13-6(14)2-12-7(15)4-20/h5,8,19-20H,2-4,11H2,1H3,(H,12,15)(H,13,14)/t5-,8?/m0/s1. The molecule has 0 bridgehead atoms. The highest BCUT2D eigenvalue weighted by molar-refractivity contribution is 7.81. The number of methoxy groups -OCH3 is 1. The number of Topliss-reactive ketones (excluding diaryl/α,β-unsaturated/α-hetero) is 1. The van der Waals surface area contributed by atoms with Crippen molar-refractivity contribution in [2.24, 2.45) is 5.73 Å². The van der Waals surface area contributed by atoms with E-state index >= 15 is 0 Å². The van der Waals surface area contributed by atoms with E-state index in [4.69, 9.17) is 5.73 Å². The lowest BCUT2D eigenvalue weighted by Crippen LogP contribution is -2.54. The zero-order valence-electron chi connectivity index (χ0n) is 10.8. The monoisotopic (exact) mass is 323 g/mol. The van der Waals surface area contributed by atoms with Gasteiger partial charge in [-0.1, -0.05) is 0 Å². The van der Waals surface area contributed by atoms with Crippen molar-refractivity contribution in [1.82, 2.24) is 10.6 Å². The van der Waals surface area contributed by atoms with Crippen LogP contribution in [0.2, 0.25) is 0 Å². The predicted molar refractivity (Wildman–Crippen MR) is 77.6 cm³/mol. The molecule has 1 unspecified atom stereocenters. The van der Waals surface area contributed by atoms with Gasteiger partial charge in [-0.2, -0.15) is 25.3 Å². The molecule has 0 aromatic heterocycles. The third kappa shape index (κ3) is 6.26. The molecule has 0 aromatic carbocycles. The number of ether oxygens (including phenoxy) is 1. The minimum atomic E-state index is -1.50. The Bertz CT molecular complexity index is 391. The summed E-state index contributed by atoms with van der Waals surface area (Å²) in [7, 11) is 1.09. The predicted octanol–water partition coefficient (Wildman–Crippen LogP) is -2.48. The van der Waals surface area contributed by atoms with Gasteiger partial charge in [0.1, 0.15) is 0 Å². The molecular formula is C10H17N3O5S2. The van der Waals surface area contributed by atoms with Crippen LogP contribution in [0.25, 0.3) is 0 Å². The number of nitrogens with one attached hydrogen (secondary N) is 2. The Balaban J connectivity index is 4.46. The van der Waals surface area contributed by atoms with Gasteiger partial charge in [0.25, 0.3) is 0 Å². The van der Waals surface area contributed by atoms with Gasteiger partial charge in [0.15, 0.2) is 11.8 Å². The van der Waals surface area contributed by atoms with Crippen LogP contribution < -0.4 is 16.4 Å². The Kier molecular flexibility index (Phi) is 9.01. The first-order valence-corrected chi connectivity index (χ1v) is 6.78. The lowest BCUT2D eigenvalue weighted by Gasteiger charge is -2.18. The van der Waals surface area contributed by atoms with Gasteiger partial charge >= 0.3 is 5.97 Å². The topological polar surface area (TPSA) is 128 Å². The van der Waals surface area contributed by atoms with Crippen LogP contribution in [0, 0.1) is 0 Å². The van der Waals surface area contributed by atoms with Gasteiger partial charge in [0, 0.05) is 5.75 Å². The second-order valence-corrected chi connectivity index (χ2v) is 4.32. The van der Waals surface area contributed by atoms with E-state index in [1.54, 1.807) is 0 Å². The Morgan fingerprint density at radius 3 is 2.25 bits per heavy atom. The molecular weight excluding hydrogens is 306 g/mol. The minimum absolute atomic E-state index is 0.0459. The molecule has 0 saturated carbocycles. The fraction of sp³-hybridized carbons (Fsp3) is 0.600. The summed E-state index contributed by atoms with van der Waals surface area (Å²) in [6, 6.07) is -2.54. The number of amides is 2. The van der Waals surface area contributed by atoms with Crippen LogP contribution in [-0.4, -0.2) is 60.8 Å². The van der Waals surface area contributed by atoms with E-state index in [1.807, 2.05) is 0 Å². The molecule has 0 aliphatic heterocycles. The quantitative estimate of drug-likeness (QED) is 0.191. The van der Waals surface area contributed by atoms with Crippen molar-refractivity contribution >= 4 is 48.8 Å². The van der Waals surface area contributed by atoms with Gasteiger partial charge in [0.05, 0.1) is 25.4 Å². The van der Waals surface area contributed by atoms with Crippen LogP contribution in [0.1, 0.15) is 0 Å². The molecule has 0 aliphatic rings. The molecule has 0 heterocycles. The molecule has 4 N–H and O–H groups in total. The Morgan fingerprint density at radius 1 is 1.20 bits per heavy atom. The van der Waals surface area contributed by atoms with E-state index in [1.165, 1.54) is 0 Å². The maximum atomic E-state index is 11.8. The van der Waals surface area contributed by atoms with Gasteiger partial charge in [0.2, 0.25) is 11.8 Å². The van der Waals surface area contributed by atoms with Crippen LogP contribution in [-0.2, 0) is 23.9 Å². The number of hydrogen-bond donors (Lipinski definition) is 5. The first kappa shape index (κ1) is 18.7. The summed E-state index contributed by atoms with van der Waals surface area (Å²) in [6.07, 6.45) is 0. The second-order valence-electron chi connectivity index (χ2n) is 3.64. The van der Waals surface area contributed by atoms with Crippen molar-refractivity contribution in [3.63, 3.8) is 0 Å². The van der Waals surface area contributed by atoms with E-state index in [0.29, 0.717) is 0 Å². The average Bonchev–Trinajstić information content (AvgIpc) is 2.47. The molecule has 20 heavy (non-hydrogen) atoms. The maximum Gasteiger partial charge on any atom is 0.330 e. The third-order valence-electron chi connectivity index (χ3n) is 2.21. The van der Waals surface area contributed by atoms with Crippen LogP contribution in [0.5, 0.6) is 0 Å². The number of carbonyl (C=O) groups excluding carboxylic acids is 4. The largest absolute Gasteiger partial charge is 0.468 e. The number of nitrogens with two attached hydrogens (primary N) is 1. The smallest absolute Gasteiger partial charge is 0.330 e. The second kappa shape index (κ2) is 9.61. The summed E-state index contributed by atoms with van der Waals surface area (Å²) in [6.45, 7) is -0.315. The average molecular weight is 323 g/mol. The maximum absolute atomic E-state index is 11.8. The Labute approximate surface area is 127 Å². The van der Waals surface area contributed by atoms with Gasteiger partial charge in [-0.3, -0.25) is 14.4 Å². The van der Waals surface area contributed by atoms with Crippen LogP contribution in [0.3, 0.4) is 0 Å². The molecule has 8 nitrogen and oxygen atoms in total. The highest BCUT2D eigenvalue weighted by Gasteiger charge is 2.30. The molecule has 114 valence electrons. The third-order valence-corrected chi connectivity index (χ3v) is 2.86. The number of rotatable bonds is 8. The molecule has 0 fully saturated rings. The van der Waals surface area contributed by atoms with E-state index in [0.717, 1.165) is 7.11 Å². The van der Waals surface area contributed by atoms with E-state index in [2.05, 4.69) is 40.6 Å². The zero-order chi connectivity index (χ0) is 15.7. The van der Waals surface area contributed by atoms with Gasteiger partial charge in [-0.05, 0) is 0 Å². The number of esters is 1. The summed E-state index contributed by atoms with van der Waals surface area (Å²) in [5, 5.41) is 4.59. The lowest BCUT2D eigenvalue weighted by molar-refractivity contribution is -0.146. The summed E-state index contributed by atoms with van der Waals surface area (Å²) in [5.74, 6) is -2.76. The molecule has 0 rings (SSSR count). The highest BCUT2D eigenvalue weighted by atomic mass is 32.1. The van der Waals surface area contributed by atoms with Gasteiger partial charge < -0.3 is 21.1 Å². The first-order chi connectivity index (χ1) is 9.37. The molecule has 10 heteroatoms. The highest BCUT2D eigenvalue weighted by Crippen LogP contribution is 1.97. The fourth-order valence-electron chi connectivity index (χ4n) is 1.15. The first-order valence-electron chi connectivity index (χ1n) is 5.52. The number of hydrogen-bond acceptors (Lipinski definition) is 8. The molecule has 2 amide bonds. The summed E-state index contributed by atoms with van der Waals surface area (Å²) in [4.78, 5) is 45.4. The number of thiol groups is 2. The van der Waals surface area contributed by atoms with Crippen LogP contribution >= 0.6 is 25.3 Å². The van der Waals surface area contributed by atoms with Crippen molar-refractivity contribution < 1.29 is 23.9 Å². The summed E-state index contributed by atoms with van der Waals surface area (Å²) >= 11 is 7.63. The molecule has 2 atom stereocenters. The van der Waals surface area contributed by atoms with E-state index in [-0.39, 0.29) is 18.1 Å². The van der Waals surface area contributed by atoms with Gasteiger partial charge in [-0.25, -0.2) is 4.79 Å². The van der Waals surface area contributed by atoms with Crippen molar-refractivity contribution in [1.29, 1.82) is 0 Å². The van der Waals surface area contributed by atoms with E-state index in [9.17, 15) is 19.2 Å². The molecule has 0 aliphatic carbocycles. The summed E-state index contributed by atoms with van der Waals surface area (Å²) < 4.78 is 4.34. The van der Waals surface area contributed by atoms with Crippen molar-refractivity contribution in [3.8, 4) is 0 Å². The molecule has 0 radical (unpaired) electrons.